The topological polar surface area (TPSA) is 65.5 Å². The van der Waals surface area contributed by atoms with E-state index in [1.165, 1.54) is 0 Å². The summed E-state index contributed by atoms with van der Waals surface area (Å²) in [5.41, 5.74) is 1.03. The van der Waals surface area contributed by atoms with E-state index in [9.17, 15) is 8.42 Å². The average molecular weight is 453 g/mol. The molecule has 1 unspecified atom stereocenters. The molecule has 146 valence electrons. The Morgan fingerprint density at radius 3 is 2.44 bits per heavy atom. The molecule has 1 N–H and O–H groups in total. The first-order chi connectivity index (χ1) is 13.0. The van der Waals surface area contributed by atoms with Gasteiger partial charge in [0.1, 0.15) is 0 Å². The molecule has 0 amide bonds. The van der Waals surface area contributed by atoms with Gasteiger partial charge in [0.05, 0.1) is 4.90 Å². The zero-order chi connectivity index (χ0) is 19.3. The molecule has 2 aromatic rings. The molecule has 0 spiro atoms. The van der Waals surface area contributed by atoms with Crippen molar-refractivity contribution in [3.8, 4) is 0 Å². The highest BCUT2D eigenvalue weighted by Crippen LogP contribution is 2.22. The maximum atomic E-state index is 12.7. The van der Waals surface area contributed by atoms with E-state index in [2.05, 4.69) is 42.4 Å². The van der Waals surface area contributed by atoms with Crippen LogP contribution in [0.1, 0.15) is 18.5 Å². The summed E-state index contributed by atoms with van der Waals surface area (Å²) in [4.78, 5) is 9.24. The molecule has 1 aromatic carbocycles. The Balaban J connectivity index is 1.75. The minimum atomic E-state index is -3.56. The minimum Gasteiger partial charge on any atom is -0.301 e. The molecular formula is C19H25BrN4O2S. The van der Waals surface area contributed by atoms with Crippen molar-refractivity contribution in [3.05, 3.63) is 58.8 Å². The Bertz CT molecular complexity index is 823. The number of sulfonamides is 1. The van der Waals surface area contributed by atoms with Gasteiger partial charge in [-0.05, 0) is 42.4 Å². The molecule has 0 aliphatic carbocycles. The number of rotatable bonds is 7. The largest absolute Gasteiger partial charge is 0.301 e. The van der Waals surface area contributed by atoms with E-state index in [-0.39, 0.29) is 10.9 Å². The molecule has 0 radical (unpaired) electrons. The summed E-state index contributed by atoms with van der Waals surface area (Å²) >= 11 is 3.33. The number of nitrogens with zero attached hydrogens (tertiary/aromatic N) is 3. The number of halogens is 1. The van der Waals surface area contributed by atoms with Crippen LogP contribution in [-0.4, -0.2) is 62.5 Å². The Kier molecular flexibility index (Phi) is 6.99. The lowest BCUT2D eigenvalue weighted by molar-refractivity contribution is 0.100. The summed E-state index contributed by atoms with van der Waals surface area (Å²) in [6.45, 7) is 7.33. The molecule has 1 aliphatic heterocycles. The first-order valence-electron chi connectivity index (χ1n) is 9.11. The minimum absolute atomic E-state index is 0.0390. The predicted octanol–water partition coefficient (Wildman–Crippen LogP) is 2.50. The molecule has 1 fully saturated rings. The van der Waals surface area contributed by atoms with Gasteiger partial charge in [0.15, 0.2) is 0 Å². The second-order valence-corrected chi connectivity index (χ2v) is 9.26. The molecule has 1 atom stereocenters. The Morgan fingerprint density at radius 2 is 1.85 bits per heavy atom. The van der Waals surface area contributed by atoms with Crippen LogP contribution in [0.15, 0.2) is 58.2 Å². The molecule has 27 heavy (non-hydrogen) atoms. The van der Waals surface area contributed by atoms with Gasteiger partial charge < -0.3 is 4.90 Å². The van der Waals surface area contributed by atoms with E-state index in [1.54, 1.807) is 30.5 Å². The van der Waals surface area contributed by atoms with Crippen LogP contribution < -0.4 is 4.72 Å². The maximum Gasteiger partial charge on any atom is 0.240 e. The zero-order valence-electron chi connectivity index (χ0n) is 15.4. The summed E-state index contributed by atoms with van der Waals surface area (Å²) in [6.07, 6.45) is 3.56. The van der Waals surface area contributed by atoms with Crippen molar-refractivity contribution in [2.75, 3.05) is 39.3 Å². The van der Waals surface area contributed by atoms with Crippen LogP contribution in [0.4, 0.5) is 0 Å². The van der Waals surface area contributed by atoms with Gasteiger partial charge in [0.2, 0.25) is 10.0 Å². The first-order valence-corrected chi connectivity index (χ1v) is 11.4. The van der Waals surface area contributed by atoms with Crippen molar-refractivity contribution in [3.63, 3.8) is 0 Å². The highest BCUT2D eigenvalue weighted by molar-refractivity contribution is 9.10. The molecule has 1 aliphatic rings. The second-order valence-electron chi connectivity index (χ2n) is 6.58. The number of pyridine rings is 1. The highest BCUT2D eigenvalue weighted by atomic mass is 79.9. The van der Waals surface area contributed by atoms with Gasteiger partial charge in [0, 0.05) is 55.6 Å². The number of hydrogen-bond acceptors (Lipinski definition) is 5. The van der Waals surface area contributed by atoms with E-state index in [0.29, 0.717) is 6.54 Å². The normalized spacial score (nSPS) is 17.7. The van der Waals surface area contributed by atoms with Gasteiger partial charge in [-0.1, -0.05) is 28.9 Å². The van der Waals surface area contributed by atoms with Gasteiger partial charge >= 0.3 is 0 Å². The first kappa shape index (κ1) is 20.4. The number of hydrogen-bond donors (Lipinski definition) is 1. The molecule has 0 saturated carbocycles. The SMILES string of the molecule is CCN1CCN(C(CNS(=O)(=O)c2ccc(Br)cc2)c2cccnc2)CC1. The van der Waals surface area contributed by atoms with Crippen molar-refractivity contribution < 1.29 is 8.42 Å². The smallest absolute Gasteiger partial charge is 0.240 e. The summed E-state index contributed by atoms with van der Waals surface area (Å²) in [6, 6.07) is 10.5. The highest BCUT2D eigenvalue weighted by Gasteiger charge is 2.26. The Morgan fingerprint density at radius 1 is 1.15 bits per heavy atom. The summed E-state index contributed by atoms with van der Waals surface area (Å²) in [7, 11) is -3.56. The van der Waals surface area contributed by atoms with Gasteiger partial charge in [-0.2, -0.15) is 0 Å². The molecule has 2 heterocycles. The third kappa shape index (κ3) is 5.36. The van der Waals surface area contributed by atoms with Crippen LogP contribution in [0.3, 0.4) is 0 Å². The number of aromatic nitrogens is 1. The fraction of sp³-hybridized carbons (Fsp3) is 0.421. The maximum absolute atomic E-state index is 12.7. The third-order valence-corrected chi connectivity index (χ3v) is 6.92. The van der Waals surface area contributed by atoms with Crippen LogP contribution >= 0.6 is 15.9 Å². The quantitative estimate of drug-likeness (QED) is 0.698. The van der Waals surface area contributed by atoms with Crippen LogP contribution in [-0.2, 0) is 10.0 Å². The summed E-state index contributed by atoms with van der Waals surface area (Å²) in [5.74, 6) is 0. The van der Waals surface area contributed by atoms with E-state index in [4.69, 9.17) is 0 Å². The van der Waals surface area contributed by atoms with Crippen molar-refractivity contribution in [1.29, 1.82) is 0 Å². The lowest BCUT2D eigenvalue weighted by Crippen LogP contribution is -2.49. The molecule has 3 rings (SSSR count). The average Bonchev–Trinajstić information content (AvgIpc) is 2.70. The molecule has 1 aromatic heterocycles. The monoisotopic (exact) mass is 452 g/mol. The van der Waals surface area contributed by atoms with Crippen LogP contribution in [0.5, 0.6) is 0 Å². The van der Waals surface area contributed by atoms with Crippen LogP contribution in [0.25, 0.3) is 0 Å². The molecule has 0 bridgehead atoms. The molecule has 8 heteroatoms. The van der Waals surface area contributed by atoms with E-state index in [1.807, 2.05) is 18.3 Å². The van der Waals surface area contributed by atoms with Gasteiger partial charge in [-0.25, -0.2) is 13.1 Å². The van der Waals surface area contributed by atoms with Crippen molar-refractivity contribution in [1.82, 2.24) is 19.5 Å². The lowest BCUT2D eigenvalue weighted by atomic mass is 10.1. The molecular weight excluding hydrogens is 428 g/mol. The molecule has 6 nitrogen and oxygen atoms in total. The second kappa shape index (κ2) is 9.25. The van der Waals surface area contributed by atoms with Gasteiger partial charge in [-0.15, -0.1) is 0 Å². The fourth-order valence-electron chi connectivity index (χ4n) is 3.31. The fourth-order valence-corrected chi connectivity index (χ4v) is 4.61. The third-order valence-electron chi connectivity index (χ3n) is 4.95. The standard InChI is InChI=1S/C19H25BrN4O2S/c1-2-23-10-12-24(13-11-23)19(16-4-3-9-21-14-16)15-22-27(25,26)18-7-5-17(20)6-8-18/h3-9,14,19,22H,2,10-13,15H2,1H3. The van der Waals surface area contributed by atoms with Crippen molar-refractivity contribution >= 4 is 26.0 Å². The van der Waals surface area contributed by atoms with Crippen LogP contribution in [0, 0.1) is 0 Å². The summed E-state index contributed by atoms with van der Waals surface area (Å²) < 4.78 is 29.0. The van der Waals surface area contributed by atoms with E-state index in [0.717, 1.165) is 42.8 Å². The number of likely N-dealkylation sites (N-methyl/N-ethyl adjacent to an activating group) is 1. The van der Waals surface area contributed by atoms with Crippen molar-refractivity contribution in [2.45, 2.75) is 17.9 Å². The predicted molar refractivity (Wildman–Crippen MR) is 110 cm³/mol. The lowest BCUT2D eigenvalue weighted by Gasteiger charge is -2.39. The zero-order valence-corrected chi connectivity index (χ0v) is 17.8. The number of piperazine rings is 1. The van der Waals surface area contributed by atoms with Crippen LogP contribution in [0.2, 0.25) is 0 Å². The van der Waals surface area contributed by atoms with Crippen molar-refractivity contribution in [2.24, 2.45) is 0 Å². The molecule has 1 saturated heterocycles. The van der Waals surface area contributed by atoms with E-state index >= 15 is 0 Å². The van der Waals surface area contributed by atoms with E-state index < -0.39 is 10.0 Å². The Hall–Kier alpha value is -1.32. The number of nitrogens with one attached hydrogen (secondary N) is 1. The summed E-state index contributed by atoms with van der Waals surface area (Å²) in [5, 5.41) is 0. The van der Waals surface area contributed by atoms with Gasteiger partial charge in [0.25, 0.3) is 0 Å². The number of benzene rings is 1. The van der Waals surface area contributed by atoms with Gasteiger partial charge in [-0.3, -0.25) is 9.88 Å². The Labute approximate surface area is 169 Å².